The summed E-state index contributed by atoms with van der Waals surface area (Å²) in [6, 6.07) is 13.3. The summed E-state index contributed by atoms with van der Waals surface area (Å²) in [6.07, 6.45) is 3.20. The third-order valence-corrected chi connectivity index (χ3v) is 6.22. The Morgan fingerprint density at radius 1 is 1.10 bits per heavy atom. The standard InChI is InChI=1S/C22H25N3O5S/c1-3-4-12-23-31(28,29)17-9-7-8-16(13-17)24-21(26)15-25-14-19(22(27)30-2)18-10-5-6-11-20(18)25/h5-11,13-14,23H,3-4,12,15H2,1-2H3,(H,24,26). The third-order valence-electron chi connectivity index (χ3n) is 4.76. The van der Waals surface area contributed by atoms with Gasteiger partial charge < -0.3 is 14.6 Å². The number of fused-ring (bicyclic) bond motifs is 1. The molecule has 1 aromatic heterocycles. The van der Waals surface area contributed by atoms with Crippen molar-refractivity contribution in [2.45, 2.75) is 31.2 Å². The van der Waals surface area contributed by atoms with Gasteiger partial charge in [0.1, 0.15) is 6.54 Å². The lowest BCUT2D eigenvalue weighted by molar-refractivity contribution is -0.116. The lowest BCUT2D eigenvalue weighted by atomic mass is 10.2. The number of ether oxygens (including phenoxy) is 1. The van der Waals surface area contributed by atoms with Gasteiger partial charge in [-0.2, -0.15) is 0 Å². The zero-order chi connectivity index (χ0) is 22.4. The zero-order valence-corrected chi connectivity index (χ0v) is 18.2. The van der Waals surface area contributed by atoms with E-state index < -0.39 is 16.0 Å². The molecule has 2 aromatic carbocycles. The second-order valence-electron chi connectivity index (χ2n) is 7.01. The molecule has 3 rings (SSSR count). The van der Waals surface area contributed by atoms with E-state index in [9.17, 15) is 18.0 Å². The number of methoxy groups -OCH3 is 1. The van der Waals surface area contributed by atoms with E-state index in [4.69, 9.17) is 4.74 Å². The summed E-state index contributed by atoms with van der Waals surface area (Å²) in [5, 5.41) is 3.41. The maximum atomic E-state index is 12.6. The van der Waals surface area contributed by atoms with Crippen molar-refractivity contribution in [2.24, 2.45) is 0 Å². The molecule has 0 fully saturated rings. The van der Waals surface area contributed by atoms with Gasteiger partial charge >= 0.3 is 5.97 Å². The van der Waals surface area contributed by atoms with Crippen LogP contribution in [-0.4, -0.2) is 38.5 Å². The van der Waals surface area contributed by atoms with Crippen LogP contribution in [0.1, 0.15) is 30.1 Å². The zero-order valence-electron chi connectivity index (χ0n) is 17.4. The number of para-hydroxylation sites is 1. The van der Waals surface area contributed by atoms with E-state index in [0.717, 1.165) is 18.4 Å². The summed E-state index contributed by atoms with van der Waals surface area (Å²) < 4.78 is 33.8. The molecule has 31 heavy (non-hydrogen) atoms. The first-order valence-corrected chi connectivity index (χ1v) is 11.4. The summed E-state index contributed by atoms with van der Waals surface area (Å²) in [6.45, 7) is 2.29. The first-order valence-electron chi connectivity index (χ1n) is 9.91. The molecule has 164 valence electrons. The van der Waals surface area contributed by atoms with Gasteiger partial charge in [0, 0.05) is 29.3 Å². The molecule has 0 unspecified atom stereocenters. The topological polar surface area (TPSA) is 107 Å². The number of benzene rings is 2. The number of aromatic nitrogens is 1. The summed E-state index contributed by atoms with van der Waals surface area (Å²) in [5.74, 6) is -0.838. The number of anilines is 1. The Bertz CT molecular complexity index is 1200. The van der Waals surface area contributed by atoms with Crippen LogP contribution in [0.5, 0.6) is 0 Å². The predicted molar refractivity (Wildman–Crippen MR) is 118 cm³/mol. The molecule has 3 aromatic rings. The molecule has 2 N–H and O–H groups in total. The fourth-order valence-electron chi connectivity index (χ4n) is 3.21. The molecule has 9 heteroatoms. The fourth-order valence-corrected chi connectivity index (χ4v) is 4.33. The molecule has 0 aliphatic heterocycles. The first kappa shape index (κ1) is 22.5. The average molecular weight is 444 g/mol. The number of hydrogen-bond acceptors (Lipinski definition) is 5. The maximum Gasteiger partial charge on any atom is 0.340 e. The van der Waals surface area contributed by atoms with Crippen LogP contribution < -0.4 is 10.0 Å². The van der Waals surface area contributed by atoms with Crippen LogP contribution in [0, 0.1) is 0 Å². The molecule has 0 bridgehead atoms. The van der Waals surface area contributed by atoms with Crippen molar-refractivity contribution in [3.63, 3.8) is 0 Å². The summed E-state index contributed by atoms with van der Waals surface area (Å²) in [5.41, 5.74) is 1.46. The summed E-state index contributed by atoms with van der Waals surface area (Å²) in [4.78, 5) is 24.8. The van der Waals surface area contributed by atoms with Gasteiger partial charge in [-0.15, -0.1) is 0 Å². The van der Waals surface area contributed by atoms with Gasteiger partial charge in [-0.25, -0.2) is 17.9 Å². The van der Waals surface area contributed by atoms with Crippen LogP contribution >= 0.6 is 0 Å². The van der Waals surface area contributed by atoms with Crippen LogP contribution in [-0.2, 0) is 26.1 Å². The van der Waals surface area contributed by atoms with Gasteiger partial charge in [0.05, 0.1) is 17.6 Å². The number of hydrogen-bond donors (Lipinski definition) is 2. The highest BCUT2D eigenvalue weighted by Gasteiger charge is 2.17. The lowest BCUT2D eigenvalue weighted by Gasteiger charge is -2.10. The summed E-state index contributed by atoms with van der Waals surface area (Å²) in [7, 11) is -2.34. The van der Waals surface area contributed by atoms with Gasteiger partial charge in [-0.05, 0) is 30.7 Å². The number of esters is 1. The number of amides is 1. The Morgan fingerprint density at radius 2 is 1.87 bits per heavy atom. The molecule has 1 heterocycles. The van der Waals surface area contributed by atoms with Gasteiger partial charge in [0.2, 0.25) is 15.9 Å². The summed E-state index contributed by atoms with van der Waals surface area (Å²) >= 11 is 0. The van der Waals surface area contributed by atoms with Crippen LogP contribution in [0.15, 0.2) is 59.6 Å². The Labute approximate surface area is 181 Å². The van der Waals surface area contributed by atoms with Crippen LogP contribution in [0.25, 0.3) is 10.9 Å². The van der Waals surface area contributed by atoms with Gasteiger partial charge in [0.25, 0.3) is 0 Å². The number of carbonyl (C=O) groups is 2. The van der Waals surface area contributed by atoms with Gasteiger partial charge in [-0.1, -0.05) is 37.6 Å². The minimum absolute atomic E-state index is 0.0523. The lowest BCUT2D eigenvalue weighted by Crippen LogP contribution is -2.25. The Hall–Kier alpha value is -3.17. The van der Waals surface area contributed by atoms with E-state index in [1.807, 2.05) is 19.1 Å². The molecule has 0 radical (unpaired) electrons. The Morgan fingerprint density at radius 3 is 2.61 bits per heavy atom. The molecule has 0 aliphatic carbocycles. The maximum absolute atomic E-state index is 12.6. The first-order chi connectivity index (χ1) is 14.9. The number of sulfonamides is 1. The Kier molecular flexibility index (Phi) is 7.09. The van der Waals surface area contributed by atoms with E-state index >= 15 is 0 Å². The normalized spacial score (nSPS) is 11.4. The fraction of sp³-hybridized carbons (Fsp3) is 0.273. The second-order valence-corrected chi connectivity index (χ2v) is 8.77. The van der Waals surface area contributed by atoms with Crippen LogP contribution in [0.3, 0.4) is 0 Å². The van der Waals surface area contributed by atoms with Crippen molar-refractivity contribution < 1.29 is 22.7 Å². The number of unbranched alkanes of at least 4 members (excludes halogenated alkanes) is 1. The number of nitrogens with one attached hydrogen (secondary N) is 2. The average Bonchev–Trinajstić information content (AvgIpc) is 3.12. The van der Waals surface area contributed by atoms with E-state index in [2.05, 4.69) is 10.0 Å². The van der Waals surface area contributed by atoms with Crippen molar-refractivity contribution in [1.29, 1.82) is 0 Å². The molecular weight excluding hydrogens is 418 g/mol. The second kappa shape index (κ2) is 9.76. The van der Waals surface area contributed by atoms with Crippen molar-refractivity contribution in [1.82, 2.24) is 9.29 Å². The SMILES string of the molecule is CCCCNS(=O)(=O)c1cccc(NC(=O)Cn2cc(C(=O)OC)c3ccccc32)c1. The monoisotopic (exact) mass is 443 g/mol. The quantitative estimate of drug-likeness (QED) is 0.390. The molecule has 0 saturated heterocycles. The van der Waals surface area contributed by atoms with Crippen molar-refractivity contribution in [3.8, 4) is 0 Å². The number of carbonyl (C=O) groups excluding carboxylic acids is 2. The highest BCUT2D eigenvalue weighted by Crippen LogP contribution is 2.22. The molecule has 8 nitrogen and oxygen atoms in total. The minimum Gasteiger partial charge on any atom is -0.465 e. The molecule has 0 saturated carbocycles. The van der Waals surface area contributed by atoms with E-state index in [-0.39, 0.29) is 17.3 Å². The minimum atomic E-state index is -3.65. The molecule has 0 atom stereocenters. The van der Waals surface area contributed by atoms with E-state index in [0.29, 0.717) is 23.2 Å². The van der Waals surface area contributed by atoms with Crippen molar-refractivity contribution in [3.05, 3.63) is 60.3 Å². The predicted octanol–water partition coefficient (Wildman–Crippen LogP) is 3.15. The highest BCUT2D eigenvalue weighted by atomic mass is 32.2. The smallest absolute Gasteiger partial charge is 0.340 e. The van der Waals surface area contributed by atoms with Crippen LogP contribution in [0.2, 0.25) is 0 Å². The largest absolute Gasteiger partial charge is 0.465 e. The molecule has 0 spiro atoms. The van der Waals surface area contributed by atoms with Gasteiger partial charge in [0.15, 0.2) is 0 Å². The number of nitrogens with zero attached hydrogens (tertiary/aromatic N) is 1. The van der Waals surface area contributed by atoms with Crippen molar-refractivity contribution in [2.75, 3.05) is 19.0 Å². The number of rotatable bonds is 9. The van der Waals surface area contributed by atoms with Crippen LogP contribution in [0.4, 0.5) is 5.69 Å². The van der Waals surface area contributed by atoms with E-state index in [1.165, 1.54) is 19.2 Å². The van der Waals surface area contributed by atoms with E-state index in [1.54, 1.807) is 35.0 Å². The van der Waals surface area contributed by atoms with Gasteiger partial charge in [-0.3, -0.25) is 4.79 Å². The molecule has 1 amide bonds. The van der Waals surface area contributed by atoms with Crippen molar-refractivity contribution >= 4 is 38.5 Å². The molecule has 0 aliphatic rings. The Balaban J connectivity index is 1.77. The third kappa shape index (κ3) is 5.31. The molecular formula is C22H25N3O5S. The highest BCUT2D eigenvalue weighted by molar-refractivity contribution is 7.89.